The molecule has 1 spiro atoms. The Morgan fingerprint density at radius 3 is 2.86 bits per heavy atom. The van der Waals surface area contributed by atoms with Gasteiger partial charge in [-0.05, 0) is 62.8 Å². The molecule has 2 saturated heterocycles. The van der Waals surface area contributed by atoms with Gasteiger partial charge in [0.05, 0.1) is 11.1 Å². The van der Waals surface area contributed by atoms with Crippen LogP contribution >= 0.6 is 0 Å². The first-order valence-corrected chi connectivity index (χ1v) is 11.2. The fourth-order valence-electron chi connectivity index (χ4n) is 4.90. The fourth-order valence-corrected chi connectivity index (χ4v) is 4.90. The summed E-state index contributed by atoms with van der Waals surface area (Å²) in [6, 6.07) is 7.81. The van der Waals surface area contributed by atoms with Gasteiger partial charge in [-0.2, -0.15) is 5.10 Å². The average molecular weight is 398 g/mol. The van der Waals surface area contributed by atoms with Crippen molar-refractivity contribution < 1.29 is 14.3 Å². The molecule has 1 aliphatic carbocycles. The highest BCUT2D eigenvalue weighted by Gasteiger charge is 2.41. The smallest absolute Gasteiger partial charge is 0.274 e. The number of hydrogen-bond donors (Lipinski definition) is 1. The Hall–Kier alpha value is -1.92. The zero-order valence-electron chi connectivity index (χ0n) is 17.1. The van der Waals surface area contributed by atoms with Crippen molar-refractivity contribution in [3.8, 4) is 0 Å². The number of aromatic nitrogens is 2. The number of para-hydroxylation sites is 1. The summed E-state index contributed by atoms with van der Waals surface area (Å²) < 4.78 is 12.1. The van der Waals surface area contributed by atoms with Crippen LogP contribution in [-0.2, 0) is 9.47 Å². The first-order chi connectivity index (χ1) is 14.2. The molecule has 3 fully saturated rings. The summed E-state index contributed by atoms with van der Waals surface area (Å²) in [5.41, 5.74) is 1.39. The van der Waals surface area contributed by atoms with E-state index in [1.54, 1.807) is 0 Å². The number of nitrogens with one attached hydrogen (secondary N) is 1. The van der Waals surface area contributed by atoms with Crippen molar-refractivity contribution in [1.29, 1.82) is 0 Å². The lowest BCUT2D eigenvalue weighted by Gasteiger charge is -2.46. The topological polar surface area (TPSA) is 67.5 Å². The number of nitrogens with zero attached hydrogens (tertiary/aromatic N) is 2. The summed E-state index contributed by atoms with van der Waals surface area (Å²) in [4.78, 5) is 15.0. The molecule has 6 heteroatoms. The van der Waals surface area contributed by atoms with Crippen LogP contribution in [-0.4, -0.2) is 59.5 Å². The molecule has 1 saturated carbocycles. The van der Waals surface area contributed by atoms with Gasteiger partial charge in [0.2, 0.25) is 0 Å². The number of piperidine rings is 1. The summed E-state index contributed by atoms with van der Waals surface area (Å²) in [5, 5.41) is 8.16. The minimum atomic E-state index is -0.0518. The number of aromatic amines is 1. The Morgan fingerprint density at radius 2 is 2.03 bits per heavy atom. The van der Waals surface area contributed by atoms with Gasteiger partial charge in [-0.3, -0.25) is 9.89 Å². The van der Waals surface area contributed by atoms with Crippen molar-refractivity contribution in [2.75, 3.05) is 32.9 Å². The number of carbonyl (C=O) groups is 1. The van der Waals surface area contributed by atoms with E-state index < -0.39 is 0 Å². The Kier molecular flexibility index (Phi) is 5.31. The molecular weight excluding hydrogens is 366 g/mol. The maximum absolute atomic E-state index is 13.0. The molecule has 3 heterocycles. The van der Waals surface area contributed by atoms with E-state index in [-0.39, 0.29) is 11.5 Å². The van der Waals surface area contributed by atoms with Gasteiger partial charge < -0.3 is 14.4 Å². The summed E-state index contributed by atoms with van der Waals surface area (Å²) in [6.45, 7) is 4.16. The fraction of sp³-hybridized carbons (Fsp3) is 0.652. The molecule has 6 nitrogen and oxygen atoms in total. The number of ether oxygens (including phenoxy) is 2. The predicted molar refractivity (Wildman–Crippen MR) is 111 cm³/mol. The second-order valence-corrected chi connectivity index (χ2v) is 9.11. The van der Waals surface area contributed by atoms with E-state index in [2.05, 4.69) is 10.2 Å². The number of fused-ring (bicyclic) bond motifs is 1. The molecule has 1 aromatic carbocycles. The van der Waals surface area contributed by atoms with Crippen molar-refractivity contribution in [2.24, 2.45) is 11.8 Å². The van der Waals surface area contributed by atoms with Gasteiger partial charge in [-0.1, -0.05) is 18.2 Å². The first kappa shape index (κ1) is 19.1. The second-order valence-electron chi connectivity index (χ2n) is 9.11. The molecule has 1 atom stereocenters. The van der Waals surface area contributed by atoms with Gasteiger partial charge in [0.1, 0.15) is 0 Å². The summed E-state index contributed by atoms with van der Waals surface area (Å²) in [5.74, 6) is 1.54. The lowest BCUT2D eigenvalue weighted by Crippen LogP contribution is -2.51. The van der Waals surface area contributed by atoms with E-state index in [4.69, 9.17) is 9.47 Å². The molecule has 1 amide bonds. The van der Waals surface area contributed by atoms with Gasteiger partial charge in [-0.15, -0.1) is 0 Å². The predicted octanol–water partition coefficient (Wildman–Crippen LogP) is 3.78. The Labute approximate surface area is 171 Å². The largest absolute Gasteiger partial charge is 0.381 e. The zero-order chi connectivity index (χ0) is 19.7. The van der Waals surface area contributed by atoms with E-state index in [1.807, 2.05) is 29.2 Å². The van der Waals surface area contributed by atoms with Crippen LogP contribution in [0.1, 0.15) is 55.4 Å². The molecule has 1 unspecified atom stereocenters. The summed E-state index contributed by atoms with van der Waals surface area (Å²) in [6.07, 6.45) is 7.91. The monoisotopic (exact) mass is 397 g/mol. The number of carbonyl (C=O) groups excluding carboxylic acids is 1. The molecule has 2 aromatic rings. The number of hydrogen-bond acceptors (Lipinski definition) is 4. The standard InChI is InChI=1S/C23H31N3O3/c27-22(21-19-3-1-2-4-20(19)24-25-21)26-11-9-23(10-12-26)15-17(8-14-29-23)7-13-28-16-18-5-6-18/h1-4,17-18H,5-16H2,(H,24,25). The molecule has 3 aliphatic rings. The SMILES string of the molecule is O=C(c1n[nH]c2ccccc12)N1CCC2(CC1)CC(CCOCC1CC1)CCO2. The third kappa shape index (κ3) is 4.19. The van der Waals surface area contributed by atoms with E-state index >= 15 is 0 Å². The van der Waals surface area contributed by atoms with E-state index in [9.17, 15) is 4.79 Å². The van der Waals surface area contributed by atoms with Crippen molar-refractivity contribution in [3.05, 3.63) is 30.0 Å². The molecule has 5 rings (SSSR count). The van der Waals surface area contributed by atoms with Crippen LogP contribution in [0.3, 0.4) is 0 Å². The lowest BCUT2D eigenvalue weighted by molar-refractivity contribution is -0.126. The van der Waals surface area contributed by atoms with Crippen LogP contribution in [0, 0.1) is 11.8 Å². The Balaban J connectivity index is 1.15. The lowest BCUT2D eigenvalue weighted by atomic mass is 9.78. The van der Waals surface area contributed by atoms with Crippen LogP contribution in [0.2, 0.25) is 0 Å². The zero-order valence-corrected chi connectivity index (χ0v) is 17.1. The van der Waals surface area contributed by atoms with Crippen molar-refractivity contribution in [1.82, 2.24) is 15.1 Å². The third-order valence-corrected chi connectivity index (χ3v) is 6.95. The third-order valence-electron chi connectivity index (χ3n) is 6.95. The molecule has 2 aliphatic heterocycles. The number of amides is 1. The van der Waals surface area contributed by atoms with Gasteiger partial charge in [0.25, 0.3) is 5.91 Å². The molecule has 156 valence electrons. The van der Waals surface area contributed by atoms with Gasteiger partial charge in [0.15, 0.2) is 5.69 Å². The van der Waals surface area contributed by atoms with Gasteiger partial charge in [0, 0.05) is 38.3 Å². The van der Waals surface area contributed by atoms with Crippen LogP contribution in [0.25, 0.3) is 10.9 Å². The number of benzene rings is 1. The van der Waals surface area contributed by atoms with E-state index in [0.717, 1.165) is 81.8 Å². The average Bonchev–Trinajstić information content (AvgIpc) is 3.48. The normalized spacial score (nSPS) is 24.3. The highest BCUT2D eigenvalue weighted by atomic mass is 16.5. The second kappa shape index (κ2) is 8.07. The van der Waals surface area contributed by atoms with Crippen LogP contribution in [0.15, 0.2) is 24.3 Å². The van der Waals surface area contributed by atoms with Crippen molar-refractivity contribution >= 4 is 16.8 Å². The Bertz CT molecular complexity index is 852. The van der Waals surface area contributed by atoms with Crippen molar-refractivity contribution in [2.45, 2.75) is 50.5 Å². The van der Waals surface area contributed by atoms with Crippen LogP contribution < -0.4 is 0 Å². The van der Waals surface area contributed by atoms with Gasteiger partial charge in [-0.25, -0.2) is 0 Å². The van der Waals surface area contributed by atoms with Crippen LogP contribution in [0.5, 0.6) is 0 Å². The van der Waals surface area contributed by atoms with Gasteiger partial charge >= 0.3 is 0 Å². The summed E-state index contributed by atoms with van der Waals surface area (Å²) >= 11 is 0. The van der Waals surface area contributed by atoms with Crippen molar-refractivity contribution in [3.63, 3.8) is 0 Å². The van der Waals surface area contributed by atoms with Crippen LogP contribution in [0.4, 0.5) is 0 Å². The van der Waals surface area contributed by atoms with E-state index in [0.29, 0.717) is 11.6 Å². The maximum atomic E-state index is 13.0. The first-order valence-electron chi connectivity index (χ1n) is 11.2. The number of likely N-dealkylation sites (tertiary alicyclic amines) is 1. The highest BCUT2D eigenvalue weighted by Crippen LogP contribution is 2.39. The number of H-pyrrole nitrogens is 1. The molecular formula is C23H31N3O3. The Morgan fingerprint density at radius 1 is 1.21 bits per heavy atom. The van der Waals surface area contributed by atoms with E-state index in [1.165, 1.54) is 12.8 Å². The quantitative estimate of drug-likeness (QED) is 0.753. The molecule has 0 radical (unpaired) electrons. The minimum absolute atomic E-state index is 0.0261. The highest BCUT2D eigenvalue weighted by molar-refractivity contribution is 6.04. The summed E-state index contributed by atoms with van der Waals surface area (Å²) in [7, 11) is 0. The molecule has 1 N–H and O–H groups in total. The molecule has 1 aromatic heterocycles. The number of rotatable bonds is 6. The minimum Gasteiger partial charge on any atom is -0.381 e. The molecule has 29 heavy (non-hydrogen) atoms. The maximum Gasteiger partial charge on any atom is 0.274 e. The molecule has 0 bridgehead atoms.